The number of nitrogens with zero attached hydrogens (tertiary/aromatic N) is 2. The maximum Gasteiger partial charge on any atom is 0.0806 e. The van der Waals surface area contributed by atoms with Crippen molar-refractivity contribution in [3.8, 4) is 0 Å². The quantitative estimate of drug-likeness (QED) is 0.315. The summed E-state index contributed by atoms with van der Waals surface area (Å²) >= 11 is 3.77. The van der Waals surface area contributed by atoms with Gasteiger partial charge in [0.1, 0.15) is 0 Å². The van der Waals surface area contributed by atoms with Crippen molar-refractivity contribution >= 4 is 12.6 Å². The molecule has 0 aromatic carbocycles. The summed E-state index contributed by atoms with van der Waals surface area (Å²) in [5, 5.41) is 7.24. The van der Waals surface area contributed by atoms with Gasteiger partial charge in [-0.25, -0.2) is 0 Å². The van der Waals surface area contributed by atoms with Crippen LogP contribution in [-0.2, 0) is 0 Å². The van der Waals surface area contributed by atoms with Crippen molar-refractivity contribution < 1.29 is 0 Å². The Labute approximate surface area is 47.9 Å². The summed E-state index contributed by atoms with van der Waals surface area (Å²) in [4.78, 5) is 0. The van der Waals surface area contributed by atoms with Crippen molar-refractivity contribution in [2.75, 3.05) is 7.05 Å². The topological polar surface area (TPSA) is 36.8 Å². The number of hydrogen-bond donors (Lipinski definition) is 2. The summed E-state index contributed by atoms with van der Waals surface area (Å²) in [6.07, 6.45) is 0. The maximum absolute atomic E-state index is 3.77. The number of thiol groups is 1. The molecule has 0 aromatic heterocycles. The lowest BCUT2D eigenvalue weighted by Gasteiger charge is -1.88. The molecule has 40 valence electrons. The highest BCUT2D eigenvalue weighted by atomic mass is 32.1. The second-order valence-corrected chi connectivity index (χ2v) is 1.40. The minimum absolute atomic E-state index is 0.491. The average molecular weight is 117 g/mol. The van der Waals surface area contributed by atoms with Gasteiger partial charge in [-0.05, 0) is 0 Å². The van der Waals surface area contributed by atoms with Gasteiger partial charge in [-0.2, -0.15) is 5.11 Å². The summed E-state index contributed by atoms with van der Waals surface area (Å²) in [5.74, 6) is 0. The zero-order valence-corrected chi connectivity index (χ0v) is 4.94. The molecule has 0 bridgehead atoms. The standard InChI is InChI=1S/C3H7N3S/c1-3(7)5-6-4-2/h7H,1H2,2H3,(H,4,5). The average Bonchev–Trinajstić information content (AvgIpc) is 1.61. The van der Waals surface area contributed by atoms with Crippen LogP contribution >= 0.6 is 12.6 Å². The van der Waals surface area contributed by atoms with Crippen molar-refractivity contribution in [1.82, 2.24) is 5.43 Å². The van der Waals surface area contributed by atoms with Gasteiger partial charge in [0.15, 0.2) is 0 Å². The van der Waals surface area contributed by atoms with E-state index in [1.165, 1.54) is 0 Å². The predicted molar refractivity (Wildman–Crippen MR) is 32.0 cm³/mol. The smallest absolute Gasteiger partial charge is 0.0806 e. The van der Waals surface area contributed by atoms with Crippen molar-refractivity contribution in [2.24, 2.45) is 10.3 Å². The van der Waals surface area contributed by atoms with Gasteiger partial charge >= 0.3 is 0 Å². The molecule has 0 radical (unpaired) electrons. The van der Waals surface area contributed by atoms with E-state index in [1.807, 2.05) is 0 Å². The third kappa shape index (κ3) is 5.49. The van der Waals surface area contributed by atoms with E-state index in [9.17, 15) is 0 Å². The fraction of sp³-hybridized carbons (Fsp3) is 0.333. The van der Waals surface area contributed by atoms with Crippen LogP contribution in [0.15, 0.2) is 21.9 Å². The second-order valence-electron chi connectivity index (χ2n) is 0.858. The fourth-order valence-electron chi connectivity index (χ4n) is 0.108. The van der Waals surface area contributed by atoms with E-state index in [-0.39, 0.29) is 0 Å². The number of rotatable bonds is 2. The summed E-state index contributed by atoms with van der Waals surface area (Å²) in [6.45, 7) is 3.39. The van der Waals surface area contributed by atoms with Gasteiger partial charge in [0.05, 0.1) is 12.1 Å². The first-order chi connectivity index (χ1) is 3.27. The van der Waals surface area contributed by atoms with Crippen molar-refractivity contribution in [2.45, 2.75) is 0 Å². The molecule has 0 heterocycles. The summed E-state index contributed by atoms with van der Waals surface area (Å²) in [7, 11) is 1.56. The van der Waals surface area contributed by atoms with Gasteiger partial charge in [0.25, 0.3) is 0 Å². The van der Waals surface area contributed by atoms with Gasteiger partial charge in [-0.1, -0.05) is 11.8 Å². The van der Waals surface area contributed by atoms with E-state index >= 15 is 0 Å². The lowest BCUT2D eigenvalue weighted by molar-refractivity contribution is 0.845. The van der Waals surface area contributed by atoms with Crippen LogP contribution in [0.4, 0.5) is 0 Å². The van der Waals surface area contributed by atoms with Crippen LogP contribution < -0.4 is 5.43 Å². The van der Waals surface area contributed by atoms with Crippen LogP contribution in [0.1, 0.15) is 0 Å². The predicted octanol–water partition coefficient (Wildman–Crippen LogP) is 0.974. The van der Waals surface area contributed by atoms with E-state index in [1.54, 1.807) is 7.05 Å². The Morgan fingerprint density at radius 1 is 1.86 bits per heavy atom. The monoisotopic (exact) mass is 117 g/mol. The highest BCUT2D eigenvalue weighted by Gasteiger charge is 1.71. The number of hydrogen-bond acceptors (Lipinski definition) is 3. The molecule has 0 saturated carbocycles. The van der Waals surface area contributed by atoms with Crippen LogP contribution in [0.3, 0.4) is 0 Å². The fourth-order valence-corrected chi connectivity index (χ4v) is 0.152. The minimum atomic E-state index is 0.491. The first-order valence-corrected chi connectivity index (χ1v) is 2.15. The van der Waals surface area contributed by atoms with E-state index < -0.39 is 0 Å². The molecule has 0 rings (SSSR count). The SMILES string of the molecule is C=C(S)N/N=N\C. The number of nitrogens with one attached hydrogen (secondary N) is 1. The summed E-state index contributed by atoms with van der Waals surface area (Å²) in [5.41, 5.74) is 2.42. The Kier molecular flexibility index (Phi) is 3.40. The molecule has 0 fully saturated rings. The molecule has 0 aromatic rings. The lowest BCUT2D eigenvalue weighted by Crippen LogP contribution is -1.94. The van der Waals surface area contributed by atoms with Gasteiger partial charge in [0, 0.05) is 0 Å². The van der Waals surface area contributed by atoms with E-state index in [0.717, 1.165) is 0 Å². The van der Waals surface area contributed by atoms with Crippen LogP contribution in [0.2, 0.25) is 0 Å². The molecule has 7 heavy (non-hydrogen) atoms. The molecule has 1 N–H and O–H groups in total. The highest BCUT2D eigenvalue weighted by molar-refractivity contribution is 7.84. The molecule has 4 heteroatoms. The molecule has 0 atom stereocenters. The molecule has 0 amide bonds. The first-order valence-electron chi connectivity index (χ1n) is 1.70. The second kappa shape index (κ2) is 3.67. The summed E-state index contributed by atoms with van der Waals surface area (Å²) < 4.78 is 0. The largest absolute Gasteiger partial charge is 0.255 e. The van der Waals surface area contributed by atoms with Crippen molar-refractivity contribution in [1.29, 1.82) is 0 Å². The van der Waals surface area contributed by atoms with Crippen LogP contribution in [0, 0.1) is 0 Å². The lowest BCUT2D eigenvalue weighted by atomic mass is 11.1. The normalized spacial score (nSPS) is 9.43. The molecular formula is C3H7N3S. The maximum atomic E-state index is 3.77. The molecule has 0 aliphatic rings. The highest BCUT2D eigenvalue weighted by Crippen LogP contribution is 1.85. The molecule has 0 aliphatic heterocycles. The van der Waals surface area contributed by atoms with Crippen LogP contribution in [0.5, 0.6) is 0 Å². The molecule has 0 unspecified atom stereocenters. The van der Waals surface area contributed by atoms with E-state index in [4.69, 9.17) is 0 Å². The Morgan fingerprint density at radius 2 is 2.43 bits per heavy atom. The zero-order valence-electron chi connectivity index (χ0n) is 4.05. The van der Waals surface area contributed by atoms with Gasteiger partial charge < -0.3 is 0 Å². The van der Waals surface area contributed by atoms with Crippen LogP contribution in [-0.4, -0.2) is 7.05 Å². The first kappa shape index (κ1) is 6.49. The Balaban J connectivity index is 3.14. The summed E-state index contributed by atoms with van der Waals surface area (Å²) in [6, 6.07) is 0. The zero-order chi connectivity index (χ0) is 5.70. The third-order valence-electron chi connectivity index (χ3n) is 0.279. The Bertz CT molecular complexity index is 88.2. The molecule has 0 spiro atoms. The van der Waals surface area contributed by atoms with E-state index in [2.05, 4.69) is 35.0 Å². The molecular weight excluding hydrogens is 110 g/mol. The Morgan fingerprint density at radius 3 is 2.57 bits per heavy atom. The van der Waals surface area contributed by atoms with Crippen LogP contribution in [0.25, 0.3) is 0 Å². The molecule has 3 nitrogen and oxygen atoms in total. The minimum Gasteiger partial charge on any atom is -0.255 e. The Hall–Kier alpha value is -0.510. The molecule has 0 aliphatic carbocycles. The van der Waals surface area contributed by atoms with Crippen molar-refractivity contribution in [3.05, 3.63) is 11.6 Å². The van der Waals surface area contributed by atoms with Gasteiger partial charge in [0.2, 0.25) is 0 Å². The molecule has 0 saturated heterocycles. The van der Waals surface area contributed by atoms with E-state index in [0.29, 0.717) is 5.03 Å². The van der Waals surface area contributed by atoms with Gasteiger partial charge in [-0.15, -0.1) is 12.6 Å². The van der Waals surface area contributed by atoms with Gasteiger partial charge in [-0.3, -0.25) is 5.43 Å². The third-order valence-corrected chi connectivity index (χ3v) is 0.379. The van der Waals surface area contributed by atoms with Crippen molar-refractivity contribution in [3.63, 3.8) is 0 Å².